The third-order valence-corrected chi connectivity index (χ3v) is 4.74. The molecule has 2 aromatic rings. The van der Waals surface area contributed by atoms with Crippen molar-refractivity contribution < 1.29 is 0 Å². The van der Waals surface area contributed by atoms with E-state index in [1.165, 1.54) is 15.6 Å². The van der Waals surface area contributed by atoms with Crippen LogP contribution in [0.5, 0.6) is 0 Å². The van der Waals surface area contributed by atoms with Gasteiger partial charge < -0.3 is 10.2 Å². The topological polar surface area (TPSA) is 15.3 Å². The monoisotopic (exact) mass is 352 g/mol. The molecule has 0 amide bonds. The predicted octanol–water partition coefficient (Wildman–Crippen LogP) is 3.77. The van der Waals surface area contributed by atoms with Gasteiger partial charge in [-0.1, -0.05) is 34.1 Å². The zero-order valence-electron chi connectivity index (χ0n) is 11.8. The van der Waals surface area contributed by atoms with Crippen molar-refractivity contribution in [2.75, 3.05) is 26.7 Å². The van der Waals surface area contributed by atoms with Crippen molar-refractivity contribution in [3.8, 4) is 0 Å². The Kier molecular flexibility index (Phi) is 6.73. The Morgan fingerprint density at radius 2 is 2.05 bits per heavy atom. The van der Waals surface area contributed by atoms with Crippen LogP contribution in [-0.4, -0.2) is 31.6 Å². The maximum Gasteiger partial charge on any atom is 0.0242 e. The van der Waals surface area contributed by atoms with Crippen LogP contribution in [0.2, 0.25) is 0 Å². The number of benzene rings is 1. The molecule has 0 saturated heterocycles. The van der Waals surface area contributed by atoms with Crippen molar-refractivity contribution in [1.29, 1.82) is 0 Å². The Balaban J connectivity index is 1.60. The first-order chi connectivity index (χ1) is 9.75. The molecule has 0 aliphatic heterocycles. The summed E-state index contributed by atoms with van der Waals surface area (Å²) < 4.78 is 1.19. The van der Waals surface area contributed by atoms with Gasteiger partial charge in [0.15, 0.2) is 0 Å². The Bertz CT molecular complexity index is 499. The summed E-state index contributed by atoms with van der Waals surface area (Å²) in [4.78, 5) is 2.34. The molecule has 108 valence electrons. The summed E-state index contributed by atoms with van der Waals surface area (Å²) in [6, 6.07) is 10.6. The van der Waals surface area contributed by atoms with Crippen LogP contribution in [0.3, 0.4) is 0 Å². The fourth-order valence-electron chi connectivity index (χ4n) is 2.06. The molecule has 0 fully saturated rings. The summed E-state index contributed by atoms with van der Waals surface area (Å²) in [5.41, 5.74) is 2.78. The van der Waals surface area contributed by atoms with Gasteiger partial charge in [0.25, 0.3) is 0 Å². The minimum absolute atomic E-state index is 0.980. The number of nitrogens with one attached hydrogen (secondary N) is 1. The molecule has 1 N–H and O–H groups in total. The van der Waals surface area contributed by atoms with Gasteiger partial charge >= 0.3 is 0 Å². The molecule has 0 radical (unpaired) electrons. The first-order valence-corrected chi connectivity index (χ1v) is 8.63. The van der Waals surface area contributed by atoms with Gasteiger partial charge in [-0.2, -0.15) is 11.3 Å². The molecule has 0 bridgehead atoms. The quantitative estimate of drug-likeness (QED) is 0.727. The Labute approximate surface area is 133 Å². The van der Waals surface area contributed by atoms with Crippen molar-refractivity contribution in [2.24, 2.45) is 0 Å². The van der Waals surface area contributed by atoms with Crippen LogP contribution in [0, 0.1) is 0 Å². The summed E-state index contributed by atoms with van der Waals surface area (Å²) >= 11 is 5.37. The van der Waals surface area contributed by atoms with Gasteiger partial charge in [0.1, 0.15) is 0 Å². The molecule has 4 heteroatoms. The highest BCUT2D eigenvalue weighted by Gasteiger charge is 2.03. The lowest BCUT2D eigenvalue weighted by Gasteiger charge is -2.17. The van der Waals surface area contributed by atoms with Gasteiger partial charge in [0.2, 0.25) is 0 Å². The number of thiophene rings is 1. The molecule has 2 nitrogen and oxygen atoms in total. The van der Waals surface area contributed by atoms with Crippen LogP contribution in [0.25, 0.3) is 0 Å². The number of halogens is 1. The summed E-state index contributed by atoms with van der Waals surface area (Å²) in [5.74, 6) is 0. The van der Waals surface area contributed by atoms with Crippen LogP contribution >= 0.6 is 27.3 Å². The van der Waals surface area contributed by atoms with E-state index in [9.17, 15) is 0 Å². The second kappa shape index (κ2) is 8.57. The Hall–Kier alpha value is -0.680. The summed E-state index contributed by atoms with van der Waals surface area (Å²) in [6.45, 7) is 4.13. The molecule has 1 aromatic heterocycles. The number of nitrogens with zero attached hydrogens (tertiary/aromatic N) is 1. The fraction of sp³-hybridized carbons (Fsp3) is 0.375. The Morgan fingerprint density at radius 3 is 2.80 bits per heavy atom. The standard InChI is InChI=1S/C16H21BrN2S/c1-19(12-15-4-2-3-5-16(15)17)10-9-18-8-6-14-7-11-20-13-14/h2-5,7,11,13,18H,6,8-10,12H2,1H3. The molecule has 0 aliphatic carbocycles. The van der Waals surface area contributed by atoms with Gasteiger partial charge in [-0.15, -0.1) is 0 Å². The smallest absolute Gasteiger partial charge is 0.0242 e. The van der Waals surface area contributed by atoms with Gasteiger partial charge in [-0.25, -0.2) is 0 Å². The summed E-state index contributed by atoms with van der Waals surface area (Å²) in [5, 5.41) is 7.87. The maximum atomic E-state index is 3.60. The summed E-state index contributed by atoms with van der Waals surface area (Å²) in [7, 11) is 2.17. The van der Waals surface area contributed by atoms with Gasteiger partial charge in [-0.05, 0) is 54.0 Å². The van der Waals surface area contributed by atoms with E-state index in [0.29, 0.717) is 0 Å². The molecule has 20 heavy (non-hydrogen) atoms. The van der Waals surface area contributed by atoms with Crippen molar-refractivity contribution in [3.05, 3.63) is 56.7 Å². The average molecular weight is 353 g/mol. The zero-order valence-corrected chi connectivity index (χ0v) is 14.2. The zero-order chi connectivity index (χ0) is 14.2. The molecule has 2 rings (SSSR count). The Morgan fingerprint density at radius 1 is 1.20 bits per heavy atom. The van der Waals surface area contributed by atoms with E-state index in [1.807, 2.05) is 0 Å². The van der Waals surface area contributed by atoms with Crippen molar-refractivity contribution >= 4 is 27.3 Å². The fourth-order valence-corrected chi connectivity index (χ4v) is 3.17. The minimum Gasteiger partial charge on any atom is -0.315 e. The van der Waals surface area contributed by atoms with Crippen LogP contribution in [0.1, 0.15) is 11.1 Å². The first-order valence-electron chi connectivity index (χ1n) is 6.89. The number of likely N-dealkylation sites (N-methyl/N-ethyl adjacent to an activating group) is 1. The van der Waals surface area contributed by atoms with E-state index in [-0.39, 0.29) is 0 Å². The molecular weight excluding hydrogens is 332 g/mol. The van der Waals surface area contributed by atoms with Crippen LogP contribution in [0.15, 0.2) is 45.6 Å². The van der Waals surface area contributed by atoms with Crippen LogP contribution in [0.4, 0.5) is 0 Å². The largest absolute Gasteiger partial charge is 0.315 e. The average Bonchev–Trinajstić information content (AvgIpc) is 2.94. The second-order valence-electron chi connectivity index (χ2n) is 4.96. The molecule has 0 aliphatic rings. The lowest BCUT2D eigenvalue weighted by atomic mass is 10.2. The SMILES string of the molecule is CN(CCNCCc1ccsc1)Cc1ccccc1Br. The third kappa shape index (κ3) is 5.37. The molecule has 0 spiro atoms. The molecule has 1 aromatic carbocycles. The lowest BCUT2D eigenvalue weighted by Crippen LogP contribution is -2.30. The number of rotatable bonds is 8. The van der Waals surface area contributed by atoms with Crippen molar-refractivity contribution in [3.63, 3.8) is 0 Å². The minimum atomic E-state index is 0.980. The second-order valence-corrected chi connectivity index (χ2v) is 6.60. The highest BCUT2D eigenvalue weighted by molar-refractivity contribution is 9.10. The van der Waals surface area contributed by atoms with Gasteiger partial charge in [0.05, 0.1) is 0 Å². The highest BCUT2D eigenvalue weighted by Crippen LogP contribution is 2.16. The lowest BCUT2D eigenvalue weighted by molar-refractivity contribution is 0.324. The molecule has 1 heterocycles. The molecule has 0 unspecified atom stereocenters. The summed E-state index contributed by atoms with van der Waals surface area (Å²) in [6.07, 6.45) is 1.12. The normalized spacial score (nSPS) is 11.2. The predicted molar refractivity (Wildman–Crippen MR) is 91.4 cm³/mol. The molecular formula is C16H21BrN2S. The van der Waals surface area contributed by atoms with E-state index < -0.39 is 0 Å². The van der Waals surface area contributed by atoms with Crippen LogP contribution < -0.4 is 5.32 Å². The highest BCUT2D eigenvalue weighted by atomic mass is 79.9. The van der Waals surface area contributed by atoms with Crippen molar-refractivity contribution in [2.45, 2.75) is 13.0 Å². The third-order valence-electron chi connectivity index (χ3n) is 3.24. The van der Waals surface area contributed by atoms with Crippen molar-refractivity contribution in [1.82, 2.24) is 10.2 Å². The first kappa shape index (κ1) is 15.7. The van der Waals surface area contributed by atoms with Gasteiger partial charge in [-0.3, -0.25) is 0 Å². The van der Waals surface area contributed by atoms with E-state index in [1.54, 1.807) is 11.3 Å². The van der Waals surface area contributed by atoms with E-state index in [0.717, 1.165) is 32.6 Å². The van der Waals surface area contributed by atoms with E-state index in [2.05, 4.69) is 74.3 Å². The van der Waals surface area contributed by atoms with Gasteiger partial charge in [0, 0.05) is 24.1 Å². The molecule has 0 atom stereocenters. The number of hydrogen-bond acceptors (Lipinski definition) is 3. The van der Waals surface area contributed by atoms with E-state index >= 15 is 0 Å². The van der Waals surface area contributed by atoms with E-state index in [4.69, 9.17) is 0 Å². The van der Waals surface area contributed by atoms with Crippen LogP contribution in [-0.2, 0) is 13.0 Å². The maximum absolute atomic E-state index is 3.60. The number of hydrogen-bond donors (Lipinski definition) is 1. The molecule has 0 saturated carbocycles.